The van der Waals surface area contributed by atoms with Crippen LogP contribution in [0.2, 0.25) is 0 Å². The number of rotatable bonds is 7. The Hall–Kier alpha value is -3.91. The fourth-order valence-corrected chi connectivity index (χ4v) is 4.30. The van der Waals surface area contributed by atoms with Crippen LogP contribution in [0.1, 0.15) is 22.3 Å². The van der Waals surface area contributed by atoms with Crippen LogP contribution in [0.4, 0.5) is 14.9 Å². The summed E-state index contributed by atoms with van der Waals surface area (Å²) >= 11 is 0.777. The van der Waals surface area contributed by atoms with Crippen LogP contribution in [0.25, 0.3) is 6.08 Å². The minimum atomic E-state index is -0.534. The summed E-state index contributed by atoms with van der Waals surface area (Å²) in [6.45, 7) is 3.46. The second-order valence-electron chi connectivity index (χ2n) is 8.09. The molecule has 0 radical (unpaired) electrons. The second kappa shape index (κ2) is 10.6. The van der Waals surface area contributed by atoms with Gasteiger partial charge in [0.25, 0.3) is 11.1 Å². The Kier molecular flexibility index (Phi) is 7.31. The summed E-state index contributed by atoms with van der Waals surface area (Å²) in [7, 11) is 0. The summed E-state index contributed by atoms with van der Waals surface area (Å²) in [5.41, 5.74) is 3.58. The van der Waals surface area contributed by atoms with Crippen LogP contribution in [-0.2, 0) is 16.2 Å². The van der Waals surface area contributed by atoms with Crippen molar-refractivity contribution in [2.24, 2.45) is 0 Å². The number of hydrogen-bond donors (Lipinski definition) is 1. The molecule has 0 aromatic heterocycles. The van der Waals surface area contributed by atoms with E-state index in [4.69, 9.17) is 4.74 Å². The number of nitrogens with zero attached hydrogens (tertiary/aromatic N) is 1. The van der Waals surface area contributed by atoms with Crippen LogP contribution in [0.3, 0.4) is 0 Å². The Labute approximate surface area is 206 Å². The molecule has 0 unspecified atom stereocenters. The van der Waals surface area contributed by atoms with Crippen molar-refractivity contribution in [2.45, 2.75) is 20.5 Å². The largest absolute Gasteiger partial charge is 0.489 e. The average molecular weight is 491 g/mol. The molecule has 1 saturated heterocycles. The SMILES string of the molecule is Cc1ccc(C)c(NC(=O)CN2C(=O)S/C(=C/c3cccc(OCc4ccccc4F)c3)C2=O)c1. The number of amides is 3. The molecule has 1 fully saturated rings. The third-order valence-corrected chi connectivity index (χ3v) is 6.26. The summed E-state index contributed by atoms with van der Waals surface area (Å²) in [5.74, 6) is -0.840. The first-order valence-corrected chi connectivity index (χ1v) is 11.7. The number of aryl methyl sites for hydroxylation is 2. The van der Waals surface area contributed by atoms with Gasteiger partial charge in [0.05, 0.1) is 4.91 Å². The molecule has 178 valence electrons. The molecular formula is C27H23FN2O4S. The van der Waals surface area contributed by atoms with Crippen molar-refractivity contribution < 1.29 is 23.5 Å². The molecule has 3 aromatic carbocycles. The zero-order valence-electron chi connectivity index (χ0n) is 19.2. The molecule has 6 nitrogen and oxygen atoms in total. The first-order chi connectivity index (χ1) is 16.8. The number of carbonyl (C=O) groups is 3. The van der Waals surface area contributed by atoms with Gasteiger partial charge < -0.3 is 10.1 Å². The number of imide groups is 1. The van der Waals surface area contributed by atoms with Crippen molar-refractivity contribution in [1.82, 2.24) is 4.90 Å². The predicted molar refractivity (Wildman–Crippen MR) is 134 cm³/mol. The number of anilines is 1. The number of benzene rings is 3. The van der Waals surface area contributed by atoms with E-state index in [1.54, 1.807) is 48.5 Å². The van der Waals surface area contributed by atoms with Gasteiger partial charge in [-0.25, -0.2) is 4.39 Å². The molecule has 35 heavy (non-hydrogen) atoms. The second-order valence-corrected chi connectivity index (χ2v) is 9.08. The van der Waals surface area contributed by atoms with E-state index in [1.165, 1.54) is 6.07 Å². The lowest BCUT2D eigenvalue weighted by Gasteiger charge is -2.14. The van der Waals surface area contributed by atoms with E-state index in [0.29, 0.717) is 22.6 Å². The molecule has 3 aromatic rings. The van der Waals surface area contributed by atoms with Crippen molar-refractivity contribution in [3.05, 3.63) is 99.7 Å². The van der Waals surface area contributed by atoms with Gasteiger partial charge in [-0.2, -0.15) is 0 Å². The van der Waals surface area contributed by atoms with Crippen LogP contribution >= 0.6 is 11.8 Å². The maximum atomic E-state index is 13.8. The first-order valence-electron chi connectivity index (χ1n) is 10.9. The number of ether oxygens (including phenoxy) is 1. The molecule has 4 rings (SSSR count). The van der Waals surface area contributed by atoms with Crippen LogP contribution in [0, 0.1) is 19.7 Å². The van der Waals surface area contributed by atoms with Crippen LogP contribution in [-0.4, -0.2) is 28.5 Å². The molecule has 0 aliphatic carbocycles. The molecule has 1 heterocycles. The van der Waals surface area contributed by atoms with E-state index in [9.17, 15) is 18.8 Å². The van der Waals surface area contributed by atoms with Crippen LogP contribution in [0.5, 0.6) is 5.75 Å². The molecule has 1 aliphatic rings. The predicted octanol–water partition coefficient (Wildman–Crippen LogP) is 5.70. The van der Waals surface area contributed by atoms with Gasteiger partial charge in [-0.3, -0.25) is 19.3 Å². The van der Waals surface area contributed by atoms with Crippen LogP contribution in [0.15, 0.2) is 71.6 Å². The Morgan fingerprint density at radius 3 is 2.66 bits per heavy atom. The molecule has 3 amide bonds. The fraction of sp³-hybridized carbons (Fsp3) is 0.148. The fourth-order valence-electron chi connectivity index (χ4n) is 3.46. The number of hydrogen-bond acceptors (Lipinski definition) is 5. The standard InChI is InChI=1S/C27H23FN2O4S/c1-17-10-11-18(2)23(12-17)29-25(31)15-30-26(32)24(35-27(30)33)14-19-6-5-8-21(13-19)34-16-20-7-3-4-9-22(20)28/h3-14H,15-16H2,1-2H3,(H,29,31)/b24-14+. The van der Waals surface area contributed by atoms with Gasteiger partial charge in [-0.1, -0.05) is 42.5 Å². The van der Waals surface area contributed by atoms with E-state index >= 15 is 0 Å². The molecule has 0 bridgehead atoms. The zero-order valence-corrected chi connectivity index (χ0v) is 20.0. The smallest absolute Gasteiger partial charge is 0.294 e. The molecule has 1 aliphatic heterocycles. The van der Waals surface area contributed by atoms with E-state index in [2.05, 4.69) is 5.32 Å². The highest BCUT2D eigenvalue weighted by molar-refractivity contribution is 8.18. The topological polar surface area (TPSA) is 75.7 Å². The number of halogens is 1. The van der Waals surface area contributed by atoms with E-state index in [1.807, 2.05) is 32.0 Å². The van der Waals surface area contributed by atoms with Gasteiger partial charge in [0.15, 0.2) is 0 Å². The van der Waals surface area contributed by atoms with Crippen molar-refractivity contribution in [2.75, 3.05) is 11.9 Å². The lowest BCUT2D eigenvalue weighted by atomic mass is 10.1. The van der Waals surface area contributed by atoms with Crippen molar-refractivity contribution >= 4 is 40.6 Å². The lowest BCUT2D eigenvalue weighted by molar-refractivity contribution is -0.127. The number of carbonyl (C=O) groups excluding carboxylic acids is 3. The maximum Gasteiger partial charge on any atom is 0.294 e. The summed E-state index contributed by atoms with van der Waals surface area (Å²) in [5, 5.41) is 2.26. The molecule has 0 saturated carbocycles. The monoisotopic (exact) mass is 490 g/mol. The minimum Gasteiger partial charge on any atom is -0.489 e. The van der Waals surface area contributed by atoms with Crippen molar-refractivity contribution in [3.8, 4) is 5.75 Å². The van der Waals surface area contributed by atoms with Crippen molar-refractivity contribution in [3.63, 3.8) is 0 Å². The zero-order chi connectivity index (χ0) is 24.9. The normalized spacial score (nSPS) is 14.5. The quantitative estimate of drug-likeness (QED) is 0.430. The van der Waals surface area contributed by atoms with E-state index in [0.717, 1.165) is 27.8 Å². The number of nitrogens with one attached hydrogen (secondary N) is 1. The first kappa shape index (κ1) is 24.2. The van der Waals surface area contributed by atoms with E-state index < -0.39 is 17.1 Å². The molecule has 0 spiro atoms. The van der Waals surface area contributed by atoms with Crippen LogP contribution < -0.4 is 10.1 Å². The van der Waals surface area contributed by atoms with Crippen molar-refractivity contribution in [1.29, 1.82) is 0 Å². The average Bonchev–Trinajstić information content (AvgIpc) is 3.08. The highest BCUT2D eigenvalue weighted by Gasteiger charge is 2.36. The molecule has 1 N–H and O–H groups in total. The van der Waals surface area contributed by atoms with Gasteiger partial charge in [0, 0.05) is 11.3 Å². The highest BCUT2D eigenvalue weighted by atomic mass is 32.2. The lowest BCUT2D eigenvalue weighted by Crippen LogP contribution is -2.36. The number of thioether (sulfide) groups is 1. The molecular weight excluding hydrogens is 467 g/mol. The summed E-state index contributed by atoms with van der Waals surface area (Å²) in [6.07, 6.45) is 1.57. The maximum absolute atomic E-state index is 13.8. The third-order valence-electron chi connectivity index (χ3n) is 5.35. The highest BCUT2D eigenvalue weighted by Crippen LogP contribution is 2.32. The summed E-state index contributed by atoms with van der Waals surface area (Å²) in [4.78, 5) is 38.9. The molecule has 8 heteroatoms. The minimum absolute atomic E-state index is 0.0577. The van der Waals surface area contributed by atoms with Gasteiger partial charge >= 0.3 is 0 Å². The van der Waals surface area contributed by atoms with Gasteiger partial charge in [-0.15, -0.1) is 0 Å². The Morgan fingerprint density at radius 2 is 1.86 bits per heavy atom. The summed E-state index contributed by atoms with van der Waals surface area (Å²) in [6, 6.07) is 18.9. The Bertz CT molecular complexity index is 1340. The third kappa shape index (κ3) is 5.96. The Balaban J connectivity index is 1.42. The van der Waals surface area contributed by atoms with Gasteiger partial charge in [0.1, 0.15) is 24.7 Å². The molecule has 0 atom stereocenters. The van der Waals surface area contributed by atoms with E-state index in [-0.39, 0.29) is 23.9 Å². The summed E-state index contributed by atoms with van der Waals surface area (Å²) < 4.78 is 19.5. The Morgan fingerprint density at radius 1 is 1.06 bits per heavy atom. The van der Waals surface area contributed by atoms with Gasteiger partial charge in [0.2, 0.25) is 5.91 Å². The van der Waals surface area contributed by atoms with Gasteiger partial charge in [-0.05, 0) is 72.6 Å².